The predicted octanol–water partition coefficient (Wildman–Crippen LogP) is 2.29. The fourth-order valence-electron chi connectivity index (χ4n) is 4.48. The van der Waals surface area contributed by atoms with E-state index in [1.807, 2.05) is 4.90 Å². The smallest absolute Gasteiger partial charge is 0.228 e. The van der Waals surface area contributed by atoms with Crippen LogP contribution in [0.25, 0.3) is 0 Å². The molecule has 1 saturated carbocycles. The van der Waals surface area contributed by atoms with Crippen molar-refractivity contribution in [1.29, 1.82) is 0 Å². The maximum Gasteiger partial charge on any atom is 0.228 e. The lowest BCUT2D eigenvalue weighted by molar-refractivity contribution is -0.136. The Morgan fingerprint density at radius 2 is 1.85 bits per heavy atom. The fourth-order valence-corrected chi connectivity index (χ4v) is 4.48. The molecule has 2 unspecified atom stereocenters. The van der Waals surface area contributed by atoms with Crippen LogP contribution in [-0.2, 0) is 9.59 Å². The van der Waals surface area contributed by atoms with Gasteiger partial charge in [0.05, 0.1) is 12.0 Å². The molecule has 146 valence electrons. The summed E-state index contributed by atoms with van der Waals surface area (Å²) >= 11 is 0. The van der Waals surface area contributed by atoms with Gasteiger partial charge in [0, 0.05) is 39.6 Å². The van der Waals surface area contributed by atoms with Crippen molar-refractivity contribution in [3.63, 3.8) is 0 Å². The molecule has 2 atom stereocenters. The Morgan fingerprint density at radius 3 is 2.56 bits per heavy atom. The number of rotatable bonds is 4. The standard InChI is InChI=1S/C21H28FN3O2/c1-23-19(26)13-18(20(23)16-5-7-17(22)8-6-16)21(27)25-10-2-9-24(11-12-25)14-15-3-4-15/h5-8,15,18,20H,2-4,9-14H2,1H3. The van der Waals surface area contributed by atoms with Gasteiger partial charge in [-0.2, -0.15) is 0 Å². The van der Waals surface area contributed by atoms with Gasteiger partial charge in [0.15, 0.2) is 0 Å². The van der Waals surface area contributed by atoms with E-state index < -0.39 is 0 Å². The number of amides is 2. The molecule has 2 saturated heterocycles. The zero-order valence-electron chi connectivity index (χ0n) is 15.9. The summed E-state index contributed by atoms with van der Waals surface area (Å²) in [5, 5.41) is 0. The van der Waals surface area contributed by atoms with Crippen molar-refractivity contribution >= 4 is 11.8 Å². The highest BCUT2D eigenvalue weighted by molar-refractivity contribution is 5.90. The molecule has 0 N–H and O–H groups in total. The number of benzene rings is 1. The van der Waals surface area contributed by atoms with Crippen molar-refractivity contribution in [2.45, 2.75) is 31.7 Å². The van der Waals surface area contributed by atoms with Crippen molar-refractivity contribution < 1.29 is 14.0 Å². The lowest BCUT2D eigenvalue weighted by atomic mass is 9.92. The molecule has 1 aromatic carbocycles. The number of hydrogen-bond donors (Lipinski definition) is 0. The molecule has 2 heterocycles. The van der Waals surface area contributed by atoms with Crippen molar-refractivity contribution in [2.24, 2.45) is 11.8 Å². The quantitative estimate of drug-likeness (QED) is 0.813. The Balaban J connectivity index is 1.47. The molecule has 5 nitrogen and oxygen atoms in total. The summed E-state index contributed by atoms with van der Waals surface area (Å²) in [6, 6.07) is 5.87. The van der Waals surface area contributed by atoms with Gasteiger partial charge in [0.2, 0.25) is 11.8 Å². The molecule has 0 spiro atoms. The molecule has 27 heavy (non-hydrogen) atoms. The molecule has 2 aliphatic heterocycles. The Bertz CT molecular complexity index is 704. The fraction of sp³-hybridized carbons (Fsp3) is 0.619. The first kappa shape index (κ1) is 18.4. The van der Waals surface area contributed by atoms with Gasteiger partial charge in [-0.1, -0.05) is 12.1 Å². The maximum absolute atomic E-state index is 13.3. The van der Waals surface area contributed by atoms with Crippen LogP contribution in [0.2, 0.25) is 0 Å². The SMILES string of the molecule is CN1C(=O)CC(C(=O)N2CCCN(CC3CC3)CC2)C1c1ccc(F)cc1. The molecule has 2 amide bonds. The first-order valence-corrected chi connectivity index (χ1v) is 10.0. The Kier molecular flexibility index (Phi) is 5.17. The average molecular weight is 373 g/mol. The second-order valence-corrected chi connectivity index (χ2v) is 8.23. The molecule has 0 bridgehead atoms. The zero-order valence-corrected chi connectivity index (χ0v) is 15.9. The van der Waals surface area contributed by atoms with E-state index in [0.717, 1.165) is 50.6 Å². The summed E-state index contributed by atoms with van der Waals surface area (Å²) in [5.74, 6) is 0.208. The molecule has 6 heteroatoms. The highest BCUT2D eigenvalue weighted by Gasteiger charge is 2.44. The van der Waals surface area contributed by atoms with Crippen molar-refractivity contribution in [3.8, 4) is 0 Å². The van der Waals surface area contributed by atoms with E-state index in [0.29, 0.717) is 0 Å². The van der Waals surface area contributed by atoms with E-state index in [1.54, 1.807) is 24.1 Å². The summed E-state index contributed by atoms with van der Waals surface area (Å²) < 4.78 is 13.3. The zero-order chi connectivity index (χ0) is 19.0. The lowest BCUT2D eigenvalue weighted by Gasteiger charge is -2.29. The summed E-state index contributed by atoms with van der Waals surface area (Å²) in [5.41, 5.74) is 0.827. The van der Waals surface area contributed by atoms with Crippen LogP contribution in [0.3, 0.4) is 0 Å². The largest absolute Gasteiger partial charge is 0.341 e. The Morgan fingerprint density at radius 1 is 1.11 bits per heavy atom. The van der Waals surface area contributed by atoms with Crippen LogP contribution < -0.4 is 0 Å². The highest BCUT2D eigenvalue weighted by atomic mass is 19.1. The molecule has 3 aliphatic rings. The third kappa shape index (κ3) is 4.00. The predicted molar refractivity (Wildman–Crippen MR) is 100 cm³/mol. The van der Waals surface area contributed by atoms with Crippen LogP contribution >= 0.6 is 0 Å². The number of hydrogen-bond acceptors (Lipinski definition) is 3. The van der Waals surface area contributed by atoms with Gasteiger partial charge in [-0.05, 0) is 49.4 Å². The van der Waals surface area contributed by atoms with Gasteiger partial charge in [-0.15, -0.1) is 0 Å². The molecule has 0 radical (unpaired) electrons. The van der Waals surface area contributed by atoms with Crippen LogP contribution in [0.4, 0.5) is 4.39 Å². The molecular formula is C21H28FN3O2. The topological polar surface area (TPSA) is 43.9 Å². The Hall–Kier alpha value is -1.95. The van der Waals surface area contributed by atoms with Crippen LogP contribution in [0.1, 0.15) is 37.3 Å². The van der Waals surface area contributed by atoms with E-state index in [1.165, 1.54) is 25.0 Å². The highest BCUT2D eigenvalue weighted by Crippen LogP contribution is 2.38. The van der Waals surface area contributed by atoms with Gasteiger partial charge < -0.3 is 14.7 Å². The van der Waals surface area contributed by atoms with Crippen molar-refractivity contribution in [3.05, 3.63) is 35.6 Å². The van der Waals surface area contributed by atoms with E-state index >= 15 is 0 Å². The minimum Gasteiger partial charge on any atom is -0.341 e. The second kappa shape index (κ2) is 7.58. The van der Waals surface area contributed by atoms with E-state index in [2.05, 4.69) is 4.90 Å². The van der Waals surface area contributed by atoms with Crippen molar-refractivity contribution in [1.82, 2.24) is 14.7 Å². The summed E-state index contributed by atoms with van der Waals surface area (Å²) in [6.07, 6.45) is 3.90. The number of likely N-dealkylation sites (tertiary alicyclic amines) is 1. The second-order valence-electron chi connectivity index (χ2n) is 8.23. The molecular weight excluding hydrogens is 345 g/mol. The number of carbonyl (C=O) groups is 2. The third-order valence-electron chi connectivity index (χ3n) is 6.23. The molecule has 3 fully saturated rings. The summed E-state index contributed by atoms with van der Waals surface area (Å²) in [4.78, 5) is 31.7. The van der Waals surface area contributed by atoms with E-state index in [9.17, 15) is 14.0 Å². The van der Waals surface area contributed by atoms with Gasteiger partial charge in [-0.25, -0.2) is 4.39 Å². The minimum atomic E-state index is -0.386. The average Bonchev–Trinajstić information content (AvgIpc) is 3.45. The van der Waals surface area contributed by atoms with Crippen LogP contribution in [0, 0.1) is 17.7 Å². The first-order chi connectivity index (χ1) is 13.0. The Labute approximate surface area is 160 Å². The number of nitrogens with zero attached hydrogens (tertiary/aromatic N) is 3. The molecule has 0 aromatic heterocycles. The lowest BCUT2D eigenvalue weighted by Crippen LogP contribution is -2.40. The summed E-state index contributed by atoms with van der Waals surface area (Å²) in [7, 11) is 1.74. The number of halogens is 1. The molecule has 1 aliphatic carbocycles. The van der Waals surface area contributed by atoms with Crippen LogP contribution in [0.15, 0.2) is 24.3 Å². The minimum absolute atomic E-state index is 0.0205. The van der Waals surface area contributed by atoms with E-state index in [-0.39, 0.29) is 36.0 Å². The van der Waals surface area contributed by atoms with Gasteiger partial charge in [-0.3, -0.25) is 9.59 Å². The molecule has 1 aromatic rings. The van der Waals surface area contributed by atoms with E-state index in [4.69, 9.17) is 0 Å². The first-order valence-electron chi connectivity index (χ1n) is 10.0. The van der Waals surface area contributed by atoms with Gasteiger partial charge >= 0.3 is 0 Å². The number of carbonyl (C=O) groups excluding carboxylic acids is 2. The van der Waals surface area contributed by atoms with Crippen LogP contribution in [-0.4, -0.2) is 66.3 Å². The monoisotopic (exact) mass is 373 g/mol. The van der Waals surface area contributed by atoms with Gasteiger partial charge in [0.25, 0.3) is 0 Å². The maximum atomic E-state index is 13.3. The molecule has 4 rings (SSSR count). The third-order valence-corrected chi connectivity index (χ3v) is 6.23. The van der Waals surface area contributed by atoms with Gasteiger partial charge in [0.1, 0.15) is 5.82 Å². The summed E-state index contributed by atoms with van der Waals surface area (Å²) in [6.45, 7) is 4.61. The van der Waals surface area contributed by atoms with Crippen molar-refractivity contribution in [2.75, 3.05) is 39.8 Å². The normalized spacial score (nSPS) is 27.1. The van der Waals surface area contributed by atoms with Crippen LogP contribution in [0.5, 0.6) is 0 Å².